The molecule has 0 aromatic carbocycles. The quantitative estimate of drug-likeness (QED) is 0.819. The standard InChI is InChI=1S/C19H21N3O4/c23-18(16-8-17(26-21-16)13-3-4-13)22-11-19(12-22)14(5-7-25-19)10-24-15-2-1-6-20-9-15/h1-2,6,8-9,13-14H,3-5,7,10-12H2. The van der Waals surface area contributed by atoms with Crippen molar-refractivity contribution in [3.8, 4) is 5.75 Å². The van der Waals surface area contributed by atoms with E-state index < -0.39 is 0 Å². The molecule has 7 heteroatoms. The minimum absolute atomic E-state index is 0.0753. The zero-order valence-electron chi connectivity index (χ0n) is 14.5. The first-order valence-electron chi connectivity index (χ1n) is 9.16. The van der Waals surface area contributed by atoms with Gasteiger partial charge in [0.05, 0.1) is 25.9 Å². The van der Waals surface area contributed by atoms with Crippen LogP contribution in [0, 0.1) is 5.92 Å². The summed E-state index contributed by atoms with van der Waals surface area (Å²) in [6.45, 7) is 2.44. The van der Waals surface area contributed by atoms with Gasteiger partial charge in [0, 0.05) is 30.7 Å². The van der Waals surface area contributed by atoms with Gasteiger partial charge in [-0.05, 0) is 31.4 Å². The maximum Gasteiger partial charge on any atom is 0.276 e. The average Bonchev–Trinajstić information content (AvgIpc) is 3.21. The van der Waals surface area contributed by atoms with E-state index in [4.69, 9.17) is 14.0 Å². The van der Waals surface area contributed by atoms with Crippen LogP contribution >= 0.6 is 0 Å². The van der Waals surface area contributed by atoms with Crippen LogP contribution < -0.4 is 4.74 Å². The molecule has 3 aliphatic rings. The van der Waals surface area contributed by atoms with Crippen LogP contribution in [0.25, 0.3) is 0 Å². The number of rotatable bonds is 5. The summed E-state index contributed by atoms with van der Waals surface area (Å²) in [5.41, 5.74) is 0.115. The normalized spacial score (nSPS) is 23.8. The highest BCUT2D eigenvalue weighted by Gasteiger charge is 2.55. The molecule has 1 aliphatic carbocycles. The molecule has 1 saturated carbocycles. The summed E-state index contributed by atoms with van der Waals surface area (Å²) in [6.07, 6.45) is 6.63. The van der Waals surface area contributed by atoms with Gasteiger partial charge in [-0.2, -0.15) is 0 Å². The maximum atomic E-state index is 12.6. The van der Waals surface area contributed by atoms with Crippen LogP contribution in [0.15, 0.2) is 35.1 Å². The summed E-state index contributed by atoms with van der Waals surface area (Å²) in [5.74, 6) is 2.25. The average molecular weight is 355 g/mol. The van der Waals surface area contributed by atoms with Gasteiger partial charge in [-0.1, -0.05) is 5.16 Å². The Hall–Kier alpha value is -2.41. The van der Waals surface area contributed by atoms with Crippen LogP contribution in [0.4, 0.5) is 0 Å². The number of amides is 1. The van der Waals surface area contributed by atoms with Crippen LogP contribution in [0.1, 0.15) is 41.4 Å². The van der Waals surface area contributed by atoms with Gasteiger partial charge in [0.25, 0.3) is 5.91 Å². The summed E-state index contributed by atoms with van der Waals surface area (Å²) in [7, 11) is 0. The molecule has 1 spiro atoms. The number of pyridine rings is 1. The van der Waals surface area contributed by atoms with Gasteiger partial charge in [-0.25, -0.2) is 0 Å². The molecule has 5 rings (SSSR count). The molecule has 2 aromatic rings. The second-order valence-electron chi connectivity index (χ2n) is 7.45. The van der Waals surface area contributed by atoms with Crippen molar-refractivity contribution in [1.82, 2.24) is 15.0 Å². The summed E-state index contributed by atoms with van der Waals surface area (Å²) in [5, 5.41) is 3.95. The van der Waals surface area contributed by atoms with E-state index in [1.165, 1.54) is 0 Å². The second kappa shape index (κ2) is 6.09. The van der Waals surface area contributed by atoms with Gasteiger partial charge in [0.15, 0.2) is 5.69 Å². The molecular weight excluding hydrogens is 334 g/mol. The Labute approximate surface area is 151 Å². The Kier molecular flexibility index (Phi) is 3.70. The van der Waals surface area contributed by atoms with Crippen molar-refractivity contribution in [2.75, 3.05) is 26.3 Å². The minimum Gasteiger partial charge on any atom is -0.492 e. The topological polar surface area (TPSA) is 77.7 Å². The Bertz CT molecular complexity index is 796. The highest BCUT2D eigenvalue weighted by Crippen LogP contribution is 2.42. The lowest BCUT2D eigenvalue weighted by molar-refractivity contribution is -0.122. The SMILES string of the molecule is O=C(c1cc(C2CC2)on1)N1CC2(C1)OCCC2COc1cccnc1. The number of likely N-dealkylation sites (tertiary alicyclic amines) is 1. The largest absolute Gasteiger partial charge is 0.492 e. The zero-order valence-corrected chi connectivity index (χ0v) is 14.5. The minimum atomic E-state index is -0.291. The van der Waals surface area contributed by atoms with Crippen molar-refractivity contribution in [1.29, 1.82) is 0 Å². The third-order valence-corrected chi connectivity index (χ3v) is 5.62. The van der Waals surface area contributed by atoms with Gasteiger partial charge in [0.1, 0.15) is 17.1 Å². The monoisotopic (exact) mass is 355 g/mol. The van der Waals surface area contributed by atoms with E-state index in [0.29, 0.717) is 37.9 Å². The van der Waals surface area contributed by atoms with Gasteiger partial charge in [-0.3, -0.25) is 9.78 Å². The van der Waals surface area contributed by atoms with E-state index in [1.54, 1.807) is 23.4 Å². The molecule has 1 unspecified atom stereocenters. The van der Waals surface area contributed by atoms with Crippen LogP contribution in [0.5, 0.6) is 5.75 Å². The van der Waals surface area contributed by atoms with Gasteiger partial charge in [-0.15, -0.1) is 0 Å². The van der Waals surface area contributed by atoms with Crippen molar-refractivity contribution in [2.45, 2.75) is 30.8 Å². The molecule has 3 fully saturated rings. The molecule has 4 heterocycles. The van der Waals surface area contributed by atoms with Crippen molar-refractivity contribution in [3.05, 3.63) is 42.0 Å². The molecule has 1 atom stereocenters. The first kappa shape index (κ1) is 15.8. The van der Waals surface area contributed by atoms with Crippen molar-refractivity contribution < 1.29 is 18.8 Å². The van der Waals surface area contributed by atoms with Crippen LogP contribution in [-0.2, 0) is 4.74 Å². The molecule has 2 saturated heterocycles. The molecule has 0 bridgehead atoms. The highest BCUT2D eigenvalue weighted by molar-refractivity contribution is 5.93. The van der Waals surface area contributed by atoms with Gasteiger partial charge >= 0.3 is 0 Å². The molecule has 2 aliphatic heterocycles. The Morgan fingerprint density at radius 1 is 1.35 bits per heavy atom. The van der Waals surface area contributed by atoms with E-state index in [9.17, 15) is 4.79 Å². The molecule has 0 N–H and O–H groups in total. The summed E-state index contributed by atoms with van der Waals surface area (Å²) >= 11 is 0. The number of carbonyl (C=O) groups is 1. The zero-order chi connectivity index (χ0) is 17.6. The Balaban J connectivity index is 1.20. The Morgan fingerprint density at radius 3 is 3.00 bits per heavy atom. The number of hydrogen-bond donors (Lipinski definition) is 0. The smallest absolute Gasteiger partial charge is 0.276 e. The first-order valence-corrected chi connectivity index (χ1v) is 9.16. The Morgan fingerprint density at radius 2 is 2.23 bits per heavy atom. The predicted octanol–water partition coefficient (Wildman–Crippen LogP) is 2.26. The van der Waals surface area contributed by atoms with Gasteiger partial charge in [0.2, 0.25) is 0 Å². The summed E-state index contributed by atoms with van der Waals surface area (Å²) in [6, 6.07) is 5.55. The fraction of sp³-hybridized carbons (Fsp3) is 0.526. The van der Waals surface area contributed by atoms with Crippen LogP contribution in [-0.4, -0.2) is 52.9 Å². The van der Waals surface area contributed by atoms with Crippen LogP contribution in [0.2, 0.25) is 0 Å². The lowest BCUT2D eigenvalue weighted by atomic mass is 9.81. The fourth-order valence-corrected chi connectivity index (χ4v) is 3.86. The maximum absolute atomic E-state index is 12.6. The number of nitrogens with zero attached hydrogens (tertiary/aromatic N) is 3. The lowest BCUT2D eigenvalue weighted by Gasteiger charge is -2.49. The highest BCUT2D eigenvalue weighted by atomic mass is 16.5. The van der Waals surface area contributed by atoms with Crippen LogP contribution in [0.3, 0.4) is 0 Å². The molecule has 26 heavy (non-hydrogen) atoms. The number of hydrogen-bond acceptors (Lipinski definition) is 6. The fourth-order valence-electron chi connectivity index (χ4n) is 3.86. The molecule has 7 nitrogen and oxygen atoms in total. The van der Waals surface area contributed by atoms with E-state index in [1.807, 2.05) is 12.1 Å². The summed E-state index contributed by atoms with van der Waals surface area (Å²) in [4.78, 5) is 18.5. The third-order valence-electron chi connectivity index (χ3n) is 5.62. The van der Waals surface area contributed by atoms with Crippen molar-refractivity contribution in [2.24, 2.45) is 5.92 Å². The molecule has 136 valence electrons. The lowest BCUT2D eigenvalue weighted by Crippen LogP contribution is -2.66. The number of aromatic nitrogens is 2. The van der Waals surface area contributed by atoms with E-state index in [-0.39, 0.29) is 17.4 Å². The summed E-state index contributed by atoms with van der Waals surface area (Å²) < 4.78 is 17.2. The van der Waals surface area contributed by atoms with Crippen molar-refractivity contribution >= 4 is 5.91 Å². The predicted molar refractivity (Wildman–Crippen MR) is 90.9 cm³/mol. The molecular formula is C19H21N3O4. The van der Waals surface area contributed by atoms with Crippen molar-refractivity contribution in [3.63, 3.8) is 0 Å². The van der Waals surface area contributed by atoms with E-state index in [2.05, 4.69) is 10.1 Å². The molecule has 2 aromatic heterocycles. The number of carbonyl (C=O) groups excluding carboxylic acids is 1. The van der Waals surface area contributed by atoms with Gasteiger partial charge < -0.3 is 18.9 Å². The second-order valence-corrected chi connectivity index (χ2v) is 7.45. The molecule has 0 radical (unpaired) electrons. The number of ether oxygens (including phenoxy) is 2. The first-order chi connectivity index (χ1) is 12.7. The van der Waals surface area contributed by atoms with E-state index in [0.717, 1.165) is 30.8 Å². The molecule has 1 amide bonds. The third kappa shape index (κ3) is 2.76. The van der Waals surface area contributed by atoms with E-state index >= 15 is 0 Å².